The SMILES string of the molecule is CCN(CC)C(=O)CC1NC(C)CCS1. The van der Waals surface area contributed by atoms with Gasteiger partial charge in [0.25, 0.3) is 0 Å². The monoisotopic (exact) mass is 230 g/mol. The maximum Gasteiger partial charge on any atom is 0.224 e. The first kappa shape index (κ1) is 12.8. The van der Waals surface area contributed by atoms with E-state index in [0.717, 1.165) is 13.1 Å². The highest BCUT2D eigenvalue weighted by Crippen LogP contribution is 2.21. The van der Waals surface area contributed by atoms with Crippen LogP contribution in [0.1, 0.15) is 33.6 Å². The Bertz CT molecular complexity index is 207. The number of amides is 1. The first-order valence-corrected chi connectivity index (χ1v) is 6.87. The smallest absolute Gasteiger partial charge is 0.224 e. The number of hydrogen-bond acceptors (Lipinski definition) is 3. The number of carbonyl (C=O) groups excluding carboxylic acids is 1. The summed E-state index contributed by atoms with van der Waals surface area (Å²) in [5, 5.41) is 3.79. The van der Waals surface area contributed by atoms with Crippen molar-refractivity contribution in [3.05, 3.63) is 0 Å². The second-order valence-corrected chi connectivity index (χ2v) is 5.30. The van der Waals surface area contributed by atoms with Crippen molar-refractivity contribution in [2.75, 3.05) is 18.8 Å². The van der Waals surface area contributed by atoms with Gasteiger partial charge in [0.1, 0.15) is 0 Å². The molecule has 1 aliphatic heterocycles. The van der Waals surface area contributed by atoms with Gasteiger partial charge in [-0.3, -0.25) is 4.79 Å². The quantitative estimate of drug-likeness (QED) is 0.797. The van der Waals surface area contributed by atoms with Crippen LogP contribution in [0.4, 0.5) is 0 Å². The predicted molar refractivity (Wildman–Crippen MR) is 66.0 cm³/mol. The van der Waals surface area contributed by atoms with Gasteiger partial charge in [-0.1, -0.05) is 0 Å². The second-order valence-electron chi connectivity index (χ2n) is 3.99. The minimum atomic E-state index is 0.277. The number of hydrogen-bond donors (Lipinski definition) is 1. The lowest BCUT2D eigenvalue weighted by Gasteiger charge is -2.29. The molecular weight excluding hydrogens is 208 g/mol. The summed E-state index contributed by atoms with van der Waals surface area (Å²) >= 11 is 1.88. The third-order valence-electron chi connectivity index (χ3n) is 2.82. The van der Waals surface area contributed by atoms with E-state index in [-0.39, 0.29) is 5.91 Å². The molecule has 1 heterocycles. The van der Waals surface area contributed by atoms with Crippen molar-refractivity contribution in [2.24, 2.45) is 0 Å². The molecule has 4 heteroatoms. The third kappa shape index (κ3) is 4.03. The van der Waals surface area contributed by atoms with Crippen LogP contribution in [0.3, 0.4) is 0 Å². The minimum Gasteiger partial charge on any atom is -0.343 e. The molecule has 1 amide bonds. The van der Waals surface area contributed by atoms with Crippen LogP contribution in [-0.2, 0) is 4.79 Å². The molecule has 0 aromatic rings. The molecule has 0 saturated carbocycles. The fourth-order valence-electron chi connectivity index (χ4n) is 1.82. The lowest BCUT2D eigenvalue weighted by molar-refractivity contribution is -0.130. The fraction of sp³-hybridized carbons (Fsp3) is 0.909. The van der Waals surface area contributed by atoms with Crippen molar-refractivity contribution in [1.29, 1.82) is 0 Å². The molecule has 0 aromatic carbocycles. The zero-order chi connectivity index (χ0) is 11.3. The molecule has 1 N–H and O–H groups in total. The van der Waals surface area contributed by atoms with Gasteiger partial charge < -0.3 is 10.2 Å². The molecule has 1 rings (SSSR count). The van der Waals surface area contributed by atoms with Gasteiger partial charge in [0.2, 0.25) is 5.91 Å². The van der Waals surface area contributed by atoms with E-state index in [2.05, 4.69) is 12.2 Å². The molecular formula is C11H22N2OS. The van der Waals surface area contributed by atoms with Crippen LogP contribution in [0.15, 0.2) is 0 Å². The van der Waals surface area contributed by atoms with E-state index in [4.69, 9.17) is 0 Å². The van der Waals surface area contributed by atoms with E-state index in [9.17, 15) is 4.79 Å². The number of rotatable bonds is 4. The van der Waals surface area contributed by atoms with Gasteiger partial charge in [-0.2, -0.15) is 0 Å². The minimum absolute atomic E-state index is 0.277. The molecule has 0 radical (unpaired) electrons. The second kappa shape index (κ2) is 6.38. The van der Waals surface area contributed by atoms with Crippen molar-refractivity contribution in [2.45, 2.75) is 45.0 Å². The van der Waals surface area contributed by atoms with Crippen LogP contribution in [-0.4, -0.2) is 41.1 Å². The van der Waals surface area contributed by atoms with Crippen LogP contribution >= 0.6 is 11.8 Å². The molecule has 1 saturated heterocycles. The number of thioether (sulfide) groups is 1. The van der Waals surface area contributed by atoms with Gasteiger partial charge in [0.05, 0.1) is 11.8 Å². The summed E-state index contributed by atoms with van der Waals surface area (Å²) in [5.41, 5.74) is 0. The van der Waals surface area contributed by atoms with E-state index >= 15 is 0 Å². The summed E-state index contributed by atoms with van der Waals surface area (Å²) in [5.74, 6) is 1.45. The normalized spacial score (nSPS) is 26.3. The van der Waals surface area contributed by atoms with Crippen LogP contribution < -0.4 is 5.32 Å². The van der Waals surface area contributed by atoms with E-state index in [0.29, 0.717) is 17.8 Å². The highest BCUT2D eigenvalue weighted by atomic mass is 32.2. The fourth-order valence-corrected chi connectivity index (χ4v) is 3.18. The van der Waals surface area contributed by atoms with Crippen LogP contribution in [0.25, 0.3) is 0 Å². The Hall–Kier alpha value is -0.220. The van der Waals surface area contributed by atoms with E-state index in [1.807, 2.05) is 30.5 Å². The molecule has 0 aromatic heterocycles. The van der Waals surface area contributed by atoms with Crippen LogP contribution in [0.2, 0.25) is 0 Å². The third-order valence-corrected chi connectivity index (χ3v) is 3.99. The first-order valence-electron chi connectivity index (χ1n) is 5.82. The first-order chi connectivity index (χ1) is 7.17. The highest BCUT2D eigenvalue weighted by Gasteiger charge is 2.22. The van der Waals surface area contributed by atoms with Crippen LogP contribution in [0.5, 0.6) is 0 Å². The Morgan fingerprint density at radius 2 is 2.13 bits per heavy atom. The van der Waals surface area contributed by atoms with Crippen molar-refractivity contribution >= 4 is 17.7 Å². The van der Waals surface area contributed by atoms with Crippen molar-refractivity contribution in [1.82, 2.24) is 10.2 Å². The van der Waals surface area contributed by atoms with E-state index in [1.165, 1.54) is 12.2 Å². The predicted octanol–water partition coefficient (Wildman–Crippen LogP) is 1.69. The van der Waals surface area contributed by atoms with Gasteiger partial charge in [0, 0.05) is 19.1 Å². The Kier molecular flexibility index (Phi) is 5.47. The molecule has 1 aliphatic rings. The van der Waals surface area contributed by atoms with Gasteiger partial charge in [0.15, 0.2) is 0 Å². The summed E-state index contributed by atoms with van der Waals surface area (Å²) in [7, 11) is 0. The number of nitrogens with zero attached hydrogens (tertiary/aromatic N) is 1. The zero-order valence-electron chi connectivity index (χ0n) is 9.95. The van der Waals surface area contributed by atoms with Crippen LogP contribution in [0, 0.1) is 0 Å². The van der Waals surface area contributed by atoms with E-state index in [1.54, 1.807) is 0 Å². The molecule has 1 fully saturated rings. The molecule has 0 aliphatic carbocycles. The highest BCUT2D eigenvalue weighted by molar-refractivity contribution is 7.99. The summed E-state index contributed by atoms with van der Waals surface area (Å²) in [4.78, 5) is 13.8. The molecule has 0 spiro atoms. The Labute approximate surface area is 97.0 Å². The van der Waals surface area contributed by atoms with Gasteiger partial charge in [-0.05, 0) is 32.9 Å². The average molecular weight is 230 g/mol. The summed E-state index contributed by atoms with van der Waals surface area (Å²) in [6.07, 6.45) is 1.84. The Balaban J connectivity index is 2.36. The van der Waals surface area contributed by atoms with Gasteiger partial charge in [-0.15, -0.1) is 11.8 Å². The average Bonchev–Trinajstić information content (AvgIpc) is 2.19. The lowest BCUT2D eigenvalue weighted by atomic mass is 10.2. The maximum absolute atomic E-state index is 11.9. The van der Waals surface area contributed by atoms with Gasteiger partial charge >= 0.3 is 0 Å². The number of carbonyl (C=O) groups is 1. The molecule has 2 atom stereocenters. The van der Waals surface area contributed by atoms with Crippen molar-refractivity contribution < 1.29 is 4.79 Å². The largest absolute Gasteiger partial charge is 0.343 e. The standard InChI is InChI=1S/C11H22N2OS/c1-4-13(5-2)11(14)8-10-12-9(3)6-7-15-10/h9-10,12H,4-8H2,1-3H3. The Morgan fingerprint density at radius 1 is 1.47 bits per heavy atom. The number of nitrogens with one attached hydrogen (secondary N) is 1. The van der Waals surface area contributed by atoms with E-state index < -0.39 is 0 Å². The molecule has 15 heavy (non-hydrogen) atoms. The maximum atomic E-state index is 11.9. The lowest BCUT2D eigenvalue weighted by Crippen LogP contribution is -2.43. The summed E-state index contributed by atoms with van der Waals surface area (Å²) in [6.45, 7) is 7.90. The molecule has 2 unspecified atom stereocenters. The topological polar surface area (TPSA) is 32.3 Å². The zero-order valence-corrected chi connectivity index (χ0v) is 10.8. The van der Waals surface area contributed by atoms with Gasteiger partial charge in [-0.25, -0.2) is 0 Å². The van der Waals surface area contributed by atoms with Crippen molar-refractivity contribution in [3.8, 4) is 0 Å². The molecule has 0 bridgehead atoms. The summed E-state index contributed by atoms with van der Waals surface area (Å²) < 4.78 is 0. The van der Waals surface area contributed by atoms with Crippen molar-refractivity contribution in [3.63, 3.8) is 0 Å². The Morgan fingerprint density at radius 3 is 2.67 bits per heavy atom. The summed E-state index contributed by atoms with van der Waals surface area (Å²) in [6, 6.07) is 0.556. The molecule has 88 valence electrons. The molecule has 3 nitrogen and oxygen atoms in total.